The van der Waals surface area contributed by atoms with Crippen LogP contribution in [0.3, 0.4) is 0 Å². The van der Waals surface area contributed by atoms with Gasteiger partial charge < -0.3 is 4.74 Å². The van der Waals surface area contributed by atoms with Crippen LogP contribution in [-0.2, 0) is 22.7 Å². The zero-order valence-corrected chi connectivity index (χ0v) is 17.4. The van der Waals surface area contributed by atoms with Gasteiger partial charge in [-0.25, -0.2) is 0 Å². The van der Waals surface area contributed by atoms with Crippen LogP contribution in [0.5, 0.6) is 0 Å². The van der Waals surface area contributed by atoms with Crippen molar-refractivity contribution in [3.8, 4) is 0 Å². The highest BCUT2D eigenvalue weighted by Crippen LogP contribution is 2.16. The molecule has 1 unspecified atom stereocenters. The highest BCUT2D eigenvalue weighted by atomic mass is 127. The van der Waals surface area contributed by atoms with Crippen LogP contribution in [0.15, 0.2) is 72.8 Å². The Balaban J connectivity index is 2.08. The quantitative estimate of drug-likeness (QED) is 0.215. The summed E-state index contributed by atoms with van der Waals surface area (Å²) in [5.41, 5.74) is 3.29. The van der Waals surface area contributed by atoms with Gasteiger partial charge in [-0.3, -0.25) is 9.69 Å². The fourth-order valence-corrected chi connectivity index (χ4v) is 3.06. The normalized spacial score (nSPS) is 12.0. The second kappa shape index (κ2) is 11.1. The molecule has 4 heteroatoms. The minimum absolute atomic E-state index is 0.173. The Morgan fingerprint density at radius 2 is 1.65 bits per heavy atom. The summed E-state index contributed by atoms with van der Waals surface area (Å²) < 4.78 is 6.48. The molecule has 0 aliphatic carbocycles. The second-order valence-corrected chi connectivity index (χ2v) is 7.05. The van der Waals surface area contributed by atoms with Crippen molar-refractivity contribution in [3.05, 3.63) is 83.9 Å². The van der Waals surface area contributed by atoms with E-state index in [0.717, 1.165) is 15.6 Å². The first-order chi connectivity index (χ1) is 12.6. The zero-order valence-electron chi connectivity index (χ0n) is 15.2. The summed E-state index contributed by atoms with van der Waals surface area (Å²) >= 11 is 2.31. The molecule has 0 amide bonds. The molecule has 0 N–H and O–H groups in total. The summed E-state index contributed by atoms with van der Waals surface area (Å²) in [6.07, 6.45) is 0.703. The number of alkyl halides is 1. The number of rotatable bonds is 10. The molecule has 0 bridgehead atoms. The molecule has 0 aliphatic rings. The number of esters is 1. The third kappa shape index (κ3) is 6.57. The molecule has 0 fully saturated rings. The van der Waals surface area contributed by atoms with E-state index in [0.29, 0.717) is 26.1 Å². The molecule has 0 aliphatic heterocycles. The first kappa shape index (κ1) is 20.6. The summed E-state index contributed by atoms with van der Waals surface area (Å²) in [7, 11) is 0. The third-order valence-corrected chi connectivity index (χ3v) is 5.25. The predicted octanol–water partition coefficient (Wildman–Crippen LogP) is 5.00. The number of hydrogen-bond acceptors (Lipinski definition) is 3. The van der Waals surface area contributed by atoms with Gasteiger partial charge in [-0.15, -0.1) is 0 Å². The number of nitrogens with zero attached hydrogens (tertiary/aromatic N) is 1. The largest absolute Gasteiger partial charge is 0.460 e. The minimum Gasteiger partial charge on any atom is -0.460 e. The maximum absolute atomic E-state index is 12.8. The number of halogens is 1. The predicted molar refractivity (Wildman–Crippen MR) is 115 cm³/mol. The van der Waals surface area contributed by atoms with Crippen molar-refractivity contribution in [2.75, 3.05) is 11.0 Å². The van der Waals surface area contributed by atoms with Crippen LogP contribution in [0.4, 0.5) is 0 Å². The average molecular weight is 463 g/mol. The molecule has 0 radical (unpaired) electrons. The number of ether oxygens (including phenoxy) is 1. The lowest BCUT2D eigenvalue weighted by molar-refractivity contribution is -0.151. The van der Waals surface area contributed by atoms with Crippen LogP contribution in [-0.4, -0.2) is 27.9 Å². The molecule has 2 rings (SSSR count). The molecule has 0 saturated heterocycles. The van der Waals surface area contributed by atoms with Crippen molar-refractivity contribution < 1.29 is 9.53 Å². The second-order valence-electron chi connectivity index (χ2n) is 6.29. The van der Waals surface area contributed by atoms with Gasteiger partial charge in [0.15, 0.2) is 0 Å². The van der Waals surface area contributed by atoms with Gasteiger partial charge in [-0.1, -0.05) is 102 Å². The number of benzene rings is 2. The van der Waals surface area contributed by atoms with Gasteiger partial charge in [0, 0.05) is 17.5 Å². The highest BCUT2D eigenvalue weighted by molar-refractivity contribution is 14.1. The first-order valence-electron chi connectivity index (χ1n) is 8.85. The van der Waals surface area contributed by atoms with E-state index in [9.17, 15) is 4.79 Å². The molecule has 1 atom stereocenters. The number of hydrogen-bond donors (Lipinski definition) is 0. The lowest BCUT2D eigenvalue weighted by Gasteiger charge is -2.30. The SMILES string of the molecule is C=C(CI)CN(Cc1ccccc1)C(CC)C(=O)OCc1ccccc1. The Morgan fingerprint density at radius 1 is 1.08 bits per heavy atom. The van der Waals surface area contributed by atoms with Crippen LogP contribution in [0.1, 0.15) is 24.5 Å². The number of carbonyl (C=O) groups is 1. The van der Waals surface area contributed by atoms with E-state index in [1.165, 1.54) is 5.56 Å². The molecule has 2 aromatic carbocycles. The molecule has 138 valence electrons. The first-order valence-corrected chi connectivity index (χ1v) is 10.4. The Kier molecular flexibility index (Phi) is 8.85. The molecular formula is C22H26INO2. The molecule has 0 spiro atoms. The van der Waals surface area contributed by atoms with E-state index in [1.54, 1.807) is 0 Å². The van der Waals surface area contributed by atoms with Gasteiger partial charge in [-0.05, 0) is 17.5 Å². The van der Waals surface area contributed by atoms with Gasteiger partial charge in [0.25, 0.3) is 0 Å². The summed E-state index contributed by atoms with van der Waals surface area (Å²) in [6, 6.07) is 19.7. The Labute approximate surface area is 170 Å². The minimum atomic E-state index is -0.279. The maximum Gasteiger partial charge on any atom is 0.323 e. The average Bonchev–Trinajstić information content (AvgIpc) is 2.68. The van der Waals surface area contributed by atoms with E-state index in [4.69, 9.17) is 4.74 Å². The van der Waals surface area contributed by atoms with Crippen molar-refractivity contribution in [2.45, 2.75) is 32.5 Å². The third-order valence-electron chi connectivity index (χ3n) is 4.17. The van der Waals surface area contributed by atoms with Crippen molar-refractivity contribution in [1.29, 1.82) is 0 Å². The van der Waals surface area contributed by atoms with Crippen LogP contribution in [0.2, 0.25) is 0 Å². The molecule has 0 heterocycles. The Hall–Kier alpha value is -1.66. The molecule has 3 nitrogen and oxygen atoms in total. The topological polar surface area (TPSA) is 29.5 Å². The van der Waals surface area contributed by atoms with Crippen molar-refractivity contribution in [3.63, 3.8) is 0 Å². The number of carbonyl (C=O) groups excluding carboxylic acids is 1. The Morgan fingerprint density at radius 3 is 2.19 bits per heavy atom. The summed E-state index contributed by atoms with van der Waals surface area (Å²) in [5.74, 6) is -0.173. The van der Waals surface area contributed by atoms with E-state index in [-0.39, 0.29) is 12.0 Å². The van der Waals surface area contributed by atoms with Crippen LogP contribution < -0.4 is 0 Å². The van der Waals surface area contributed by atoms with E-state index >= 15 is 0 Å². The standard InChI is InChI=1S/C22H26INO2/c1-3-21(22(25)26-17-20-12-8-5-9-13-20)24(15-18(2)14-23)16-19-10-6-4-7-11-19/h4-13,21H,2-3,14-17H2,1H3. The van der Waals surface area contributed by atoms with Gasteiger partial charge >= 0.3 is 5.97 Å². The summed E-state index contributed by atoms with van der Waals surface area (Å²) in [6.45, 7) is 7.85. The van der Waals surface area contributed by atoms with Gasteiger partial charge in [0.1, 0.15) is 12.6 Å². The van der Waals surface area contributed by atoms with Crippen LogP contribution in [0.25, 0.3) is 0 Å². The van der Waals surface area contributed by atoms with Crippen molar-refractivity contribution in [2.24, 2.45) is 0 Å². The van der Waals surface area contributed by atoms with Gasteiger partial charge in [0.2, 0.25) is 0 Å². The lowest BCUT2D eigenvalue weighted by Crippen LogP contribution is -2.42. The highest BCUT2D eigenvalue weighted by Gasteiger charge is 2.26. The van der Waals surface area contributed by atoms with E-state index < -0.39 is 0 Å². The molecular weight excluding hydrogens is 437 g/mol. The fraction of sp³-hybridized carbons (Fsp3) is 0.318. The monoisotopic (exact) mass is 463 g/mol. The smallest absolute Gasteiger partial charge is 0.323 e. The van der Waals surface area contributed by atoms with Crippen molar-refractivity contribution in [1.82, 2.24) is 4.90 Å². The van der Waals surface area contributed by atoms with Gasteiger partial charge in [-0.2, -0.15) is 0 Å². The molecule has 2 aromatic rings. The lowest BCUT2D eigenvalue weighted by atomic mass is 10.1. The summed E-state index contributed by atoms with van der Waals surface area (Å²) in [4.78, 5) is 14.9. The maximum atomic E-state index is 12.8. The Bertz CT molecular complexity index is 688. The van der Waals surface area contributed by atoms with Crippen LogP contribution >= 0.6 is 22.6 Å². The van der Waals surface area contributed by atoms with E-state index in [2.05, 4.69) is 46.2 Å². The molecule has 26 heavy (non-hydrogen) atoms. The molecule has 0 saturated carbocycles. The summed E-state index contributed by atoms with van der Waals surface area (Å²) in [5, 5.41) is 0. The van der Waals surface area contributed by atoms with Gasteiger partial charge in [0.05, 0.1) is 0 Å². The van der Waals surface area contributed by atoms with Crippen LogP contribution in [0, 0.1) is 0 Å². The zero-order chi connectivity index (χ0) is 18.8. The van der Waals surface area contributed by atoms with E-state index in [1.807, 2.05) is 55.5 Å². The molecule has 0 aromatic heterocycles. The van der Waals surface area contributed by atoms with Crippen molar-refractivity contribution >= 4 is 28.6 Å². The fourth-order valence-electron chi connectivity index (χ4n) is 2.82.